The van der Waals surface area contributed by atoms with Crippen LogP contribution in [0.2, 0.25) is 0 Å². The Kier molecular flexibility index (Phi) is 5.12. The van der Waals surface area contributed by atoms with E-state index in [1.165, 1.54) is 11.1 Å². The van der Waals surface area contributed by atoms with E-state index in [2.05, 4.69) is 48.7 Å². The summed E-state index contributed by atoms with van der Waals surface area (Å²) in [4.78, 5) is 11.8. The van der Waals surface area contributed by atoms with E-state index in [1.54, 1.807) is 0 Å². The Balaban J connectivity index is 1.82. The zero-order valence-corrected chi connectivity index (χ0v) is 14.3. The normalized spacial score (nSPS) is 22.0. The van der Waals surface area contributed by atoms with Gasteiger partial charge in [-0.2, -0.15) is 0 Å². The average molecular weight is 304 g/mol. The predicted molar refractivity (Wildman–Crippen MR) is 88.9 cm³/mol. The molecule has 0 heterocycles. The third-order valence-corrected chi connectivity index (χ3v) is 3.80. The zero-order valence-electron chi connectivity index (χ0n) is 14.3. The molecule has 122 valence electrons. The van der Waals surface area contributed by atoms with Crippen LogP contribution in [0.4, 0.5) is 4.79 Å². The highest BCUT2D eigenvalue weighted by molar-refractivity contribution is 5.68. The van der Waals surface area contributed by atoms with Crippen LogP contribution in [-0.4, -0.2) is 23.8 Å². The van der Waals surface area contributed by atoms with Gasteiger partial charge in [0.15, 0.2) is 0 Å². The molecule has 2 rings (SSSR count). The highest BCUT2D eigenvalue weighted by atomic mass is 16.6. The minimum absolute atomic E-state index is 0.175. The van der Waals surface area contributed by atoms with Crippen LogP contribution in [0.1, 0.15) is 57.7 Å². The van der Waals surface area contributed by atoms with Crippen molar-refractivity contribution < 1.29 is 9.53 Å². The SMILES string of the molecule is CCC(NC1CC1NC(=O)OC(C)(C)C)c1ccc(C)cc1. The Morgan fingerprint density at radius 2 is 1.91 bits per heavy atom. The fraction of sp³-hybridized carbons (Fsp3) is 0.611. The number of alkyl carbamates (subject to hydrolysis) is 1. The van der Waals surface area contributed by atoms with Crippen molar-refractivity contribution in [3.05, 3.63) is 35.4 Å². The van der Waals surface area contributed by atoms with E-state index in [1.807, 2.05) is 20.8 Å². The lowest BCUT2D eigenvalue weighted by atomic mass is 10.0. The Labute approximate surface area is 133 Å². The number of hydrogen-bond acceptors (Lipinski definition) is 3. The molecule has 0 bridgehead atoms. The quantitative estimate of drug-likeness (QED) is 0.872. The van der Waals surface area contributed by atoms with Gasteiger partial charge in [0.2, 0.25) is 0 Å². The second-order valence-corrected chi connectivity index (χ2v) is 7.13. The molecule has 1 aromatic carbocycles. The largest absolute Gasteiger partial charge is 0.444 e. The minimum Gasteiger partial charge on any atom is -0.444 e. The van der Waals surface area contributed by atoms with E-state index >= 15 is 0 Å². The van der Waals surface area contributed by atoms with Crippen molar-refractivity contribution in [3.63, 3.8) is 0 Å². The fourth-order valence-corrected chi connectivity index (χ4v) is 2.50. The van der Waals surface area contributed by atoms with Gasteiger partial charge in [-0.3, -0.25) is 0 Å². The number of nitrogens with one attached hydrogen (secondary N) is 2. The number of benzene rings is 1. The Morgan fingerprint density at radius 3 is 2.45 bits per heavy atom. The molecule has 0 radical (unpaired) electrons. The van der Waals surface area contributed by atoms with Crippen molar-refractivity contribution in [1.29, 1.82) is 0 Å². The second-order valence-electron chi connectivity index (χ2n) is 7.13. The molecule has 0 aromatic heterocycles. The van der Waals surface area contributed by atoms with Gasteiger partial charge in [0.25, 0.3) is 0 Å². The monoisotopic (exact) mass is 304 g/mol. The van der Waals surface area contributed by atoms with Crippen LogP contribution < -0.4 is 10.6 Å². The van der Waals surface area contributed by atoms with Crippen molar-refractivity contribution in [2.75, 3.05) is 0 Å². The van der Waals surface area contributed by atoms with E-state index < -0.39 is 5.60 Å². The van der Waals surface area contributed by atoms with Gasteiger partial charge in [-0.25, -0.2) is 4.79 Å². The van der Waals surface area contributed by atoms with Crippen LogP contribution in [0.15, 0.2) is 24.3 Å². The lowest BCUT2D eigenvalue weighted by Crippen LogP contribution is -2.37. The van der Waals surface area contributed by atoms with Crippen molar-refractivity contribution >= 4 is 6.09 Å². The van der Waals surface area contributed by atoms with E-state index in [-0.39, 0.29) is 12.1 Å². The molecule has 0 saturated heterocycles. The van der Waals surface area contributed by atoms with Gasteiger partial charge in [0.1, 0.15) is 5.60 Å². The van der Waals surface area contributed by atoms with Gasteiger partial charge in [-0.15, -0.1) is 0 Å². The molecule has 1 saturated carbocycles. The van der Waals surface area contributed by atoms with Crippen molar-refractivity contribution in [1.82, 2.24) is 10.6 Å². The number of carbonyl (C=O) groups excluding carboxylic acids is 1. The molecule has 1 fully saturated rings. The van der Waals surface area contributed by atoms with Gasteiger partial charge < -0.3 is 15.4 Å². The molecule has 22 heavy (non-hydrogen) atoms. The first-order chi connectivity index (χ1) is 10.3. The highest BCUT2D eigenvalue weighted by Crippen LogP contribution is 2.27. The molecule has 1 aromatic rings. The summed E-state index contributed by atoms with van der Waals surface area (Å²) < 4.78 is 5.29. The van der Waals surface area contributed by atoms with E-state index in [4.69, 9.17) is 4.74 Å². The van der Waals surface area contributed by atoms with Crippen molar-refractivity contribution in [3.8, 4) is 0 Å². The molecule has 1 aliphatic rings. The van der Waals surface area contributed by atoms with Gasteiger partial charge >= 0.3 is 6.09 Å². The number of carbonyl (C=O) groups is 1. The molecule has 0 spiro atoms. The van der Waals surface area contributed by atoms with Crippen LogP contribution in [-0.2, 0) is 4.74 Å². The third-order valence-electron chi connectivity index (χ3n) is 3.80. The average Bonchev–Trinajstić information content (AvgIpc) is 3.12. The first kappa shape index (κ1) is 16.8. The smallest absolute Gasteiger partial charge is 0.407 e. The minimum atomic E-state index is -0.449. The summed E-state index contributed by atoms with van der Waals surface area (Å²) >= 11 is 0. The van der Waals surface area contributed by atoms with Crippen LogP contribution in [0.5, 0.6) is 0 Å². The molecule has 4 nitrogen and oxygen atoms in total. The van der Waals surface area contributed by atoms with Crippen LogP contribution in [0.3, 0.4) is 0 Å². The number of rotatable bonds is 5. The van der Waals surface area contributed by atoms with E-state index in [0.717, 1.165) is 12.8 Å². The number of ether oxygens (including phenoxy) is 1. The summed E-state index contributed by atoms with van der Waals surface area (Å²) in [6.07, 6.45) is 1.66. The summed E-state index contributed by atoms with van der Waals surface area (Å²) in [5, 5.41) is 6.55. The first-order valence-electron chi connectivity index (χ1n) is 8.10. The molecule has 1 aliphatic carbocycles. The Hall–Kier alpha value is -1.55. The molecule has 1 amide bonds. The fourth-order valence-electron chi connectivity index (χ4n) is 2.50. The van der Waals surface area contributed by atoms with Gasteiger partial charge in [-0.1, -0.05) is 36.8 Å². The summed E-state index contributed by atoms with van der Waals surface area (Å²) in [6, 6.07) is 9.47. The second kappa shape index (κ2) is 6.69. The van der Waals surface area contributed by atoms with E-state index in [9.17, 15) is 4.79 Å². The highest BCUT2D eigenvalue weighted by Gasteiger charge is 2.40. The predicted octanol–water partition coefficient (Wildman–Crippen LogP) is 3.70. The maximum absolute atomic E-state index is 11.8. The third kappa shape index (κ3) is 5.02. The number of amides is 1. The maximum Gasteiger partial charge on any atom is 0.407 e. The first-order valence-corrected chi connectivity index (χ1v) is 8.10. The van der Waals surface area contributed by atoms with Crippen molar-refractivity contribution in [2.24, 2.45) is 0 Å². The van der Waals surface area contributed by atoms with Crippen LogP contribution >= 0.6 is 0 Å². The molecule has 3 unspecified atom stereocenters. The van der Waals surface area contributed by atoms with Gasteiger partial charge in [-0.05, 0) is 46.1 Å². The summed E-state index contributed by atoms with van der Waals surface area (Å²) in [5.41, 5.74) is 2.13. The van der Waals surface area contributed by atoms with Crippen LogP contribution in [0, 0.1) is 6.92 Å². The van der Waals surface area contributed by atoms with Gasteiger partial charge in [0.05, 0.1) is 0 Å². The summed E-state index contributed by atoms with van der Waals surface area (Å²) in [7, 11) is 0. The number of hydrogen-bond donors (Lipinski definition) is 2. The molecular formula is C18H28N2O2. The lowest BCUT2D eigenvalue weighted by Gasteiger charge is -2.20. The molecule has 4 heteroatoms. The zero-order chi connectivity index (χ0) is 16.3. The summed E-state index contributed by atoms with van der Waals surface area (Å²) in [5.74, 6) is 0. The van der Waals surface area contributed by atoms with Crippen LogP contribution in [0.25, 0.3) is 0 Å². The lowest BCUT2D eigenvalue weighted by molar-refractivity contribution is 0.0522. The molecule has 0 aliphatic heterocycles. The number of aryl methyl sites for hydroxylation is 1. The standard InChI is InChI=1S/C18H28N2O2/c1-6-14(13-9-7-12(2)8-10-13)19-15-11-16(15)20-17(21)22-18(3,4)5/h7-10,14-16,19H,6,11H2,1-5H3,(H,20,21). The Bertz CT molecular complexity index is 505. The maximum atomic E-state index is 11.8. The van der Waals surface area contributed by atoms with Gasteiger partial charge in [0, 0.05) is 18.1 Å². The molecular weight excluding hydrogens is 276 g/mol. The Morgan fingerprint density at radius 1 is 1.27 bits per heavy atom. The molecule has 2 N–H and O–H groups in total. The topological polar surface area (TPSA) is 50.4 Å². The van der Waals surface area contributed by atoms with Crippen molar-refractivity contribution in [2.45, 2.75) is 71.2 Å². The van der Waals surface area contributed by atoms with E-state index in [0.29, 0.717) is 12.1 Å². The summed E-state index contributed by atoms with van der Waals surface area (Å²) in [6.45, 7) is 9.90. The molecule has 3 atom stereocenters.